The van der Waals surface area contributed by atoms with Gasteiger partial charge in [0, 0.05) is 33.6 Å². The number of rotatable bonds is 2. The SMILES string of the molecule is COc1ncc(-c2ccc(Cl)cc2Cl)cn1. The highest BCUT2D eigenvalue weighted by molar-refractivity contribution is 6.36. The molecule has 0 fully saturated rings. The van der Waals surface area contributed by atoms with Crippen LogP contribution in [-0.4, -0.2) is 17.1 Å². The Balaban J connectivity index is 2.42. The van der Waals surface area contributed by atoms with Crippen LogP contribution in [0.4, 0.5) is 0 Å². The van der Waals surface area contributed by atoms with Crippen molar-refractivity contribution in [2.45, 2.75) is 0 Å². The molecule has 0 spiro atoms. The molecule has 0 aliphatic carbocycles. The Labute approximate surface area is 103 Å². The molecule has 0 atom stereocenters. The Kier molecular flexibility index (Phi) is 3.27. The predicted octanol–water partition coefficient (Wildman–Crippen LogP) is 3.46. The normalized spacial score (nSPS) is 10.2. The van der Waals surface area contributed by atoms with Crippen LogP contribution in [0.15, 0.2) is 30.6 Å². The molecule has 0 unspecified atom stereocenters. The molecule has 0 saturated heterocycles. The maximum atomic E-state index is 6.07. The van der Waals surface area contributed by atoms with E-state index < -0.39 is 0 Å². The lowest BCUT2D eigenvalue weighted by atomic mass is 10.1. The van der Waals surface area contributed by atoms with Crippen LogP contribution in [0, 0.1) is 0 Å². The smallest absolute Gasteiger partial charge is 0.316 e. The summed E-state index contributed by atoms with van der Waals surface area (Å²) in [6.07, 6.45) is 3.31. The number of benzene rings is 1. The quantitative estimate of drug-likeness (QED) is 0.824. The standard InChI is InChI=1S/C11H8Cl2N2O/c1-16-11-14-5-7(6-15-11)9-3-2-8(12)4-10(9)13/h2-6H,1H3. The summed E-state index contributed by atoms with van der Waals surface area (Å²) in [5.41, 5.74) is 1.66. The molecule has 0 bridgehead atoms. The van der Waals surface area contributed by atoms with E-state index in [1.54, 1.807) is 24.5 Å². The van der Waals surface area contributed by atoms with Gasteiger partial charge in [0.2, 0.25) is 0 Å². The molecule has 1 aromatic heterocycles. The molecular weight excluding hydrogens is 247 g/mol. The van der Waals surface area contributed by atoms with E-state index >= 15 is 0 Å². The molecule has 2 rings (SSSR count). The van der Waals surface area contributed by atoms with Gasteiger partial charge in [-0.15, -0.1) is 0 Å². The van der Waals surface area contributed by atoms with Gasteiger partial charge in [0.1, 0.15) is 0 Å². The first-order chi connectivity index (χ1) is 7.70. The van der Waals surface area contributed by atoms with Crippen molar-refractivity contribution in [3.05, 3.63) is 40.6 Å². The molecule has 1 aromatic carbocycles. The van der Waals surface area contributed by atoms with E-state index in [9.17, 15) is 0 Å². The summed E-state index contributed by atoms with van der Waals surface area (Å²) in [6.45, 7) is 0. The van der Waals surface area contributed by atoms with E-state index in [2.05, 4.69) is 9.97 Å². The number of aromatic nitrogens is 2. The zero-order chi connectivity index (χ0) is 11.5. The van der Waals surface area contributed by atoms with Crippen molar-refractivity contribution in [3.8, 4) is 17.1 Å². The third-order valence-electron chi connectivity index (χ3n) is 2.05. The Morgan fingerprint density at radius 1 is 1.12 bits per heavy atom. The highest BCUT2D eigenvalue weighted by atomic mass is 35.5. The van der Waals surface area contributed by atoms with Crippen LogP contribution in [-0.2, 0) is 0 Å². The topological polar surface area (TPSA) is 35.0 Å². The summed E-state index contributed by atoms with van der Waals surface area (Å²) in [4.78, 5) is 8.02. The fourth-order valence-corrected chi connectivity index (χ4v) is 1.80. The van der Waals surface area contributed by atoms with Crippen LogP contribution in [0.5, 0.6) is 6.01 Å². The van der Waals surface area contributed by atoms with Crippen molar-refractivity contribution in [3.63, 3.8) is 0 Å². The van der Waals surface area contributed by atoms with Gasteiger partial charge in [-0.2, -0.15) is 0 Å². The van der Waals surface area contributed by atoms with E-state index in [0.29, 0.717) is 16.1 Å². The van der Waals surface area contributed by atoms with E-state index in [1.807, 2.05) is 6.07 Å². The number of halogens is 2. The van der Waals surface area contributed by atoms with Crippen LogP contribution in [0.25, 0.3) is 11.1 Å². The largest absolute Gasteiger partial charge is 0.467 e. The molecule has 3 nitrogen and oxygen atoms in total. The molecule has 0 N–H and O–H groups in total. The van der Waals surface area contributed by atoms with Gasteiger partial charge in [-0.25, -0.2) is 9.97 Å². The molecule has 2 aromatic rings. The second-order valence-corrected chi connectivity index (χ2v) is 3.93. The first kappa shape index (κ1) is 11.2. The minimum Gasteiger partial charge on any atom is -0.467 e. The lowest BCUT2D eigenvalue weighted by molar-refractivity contribution is 0.380. The third kappa shape index (κ3) is 2.26. The first-order valence-corrected chi connectivity index (χ1v) is 5.28. The third-order valence-corrected chi connectivity index (χ3v) is 2.60. The Morgan fingerprint density at radius 3 is 2.38 bits per heavy atom. The summed E-state index contributed by atoms with van der Waals surface area (Å²) in [6, 6.07) is 5.61. The Hall–Kier alpha value is -1.32. The van der Waals surface area contributed by atoms with Crippen LogP contribution in [0.1, 0.15) is 0 Å². The number of nitrogens with zero attached hydrogens (tertiary/aromatic N) is 2. The maximum Gasteiger partial charge on any atom is 0.316 e. The zero-order valence-corrected chi connectivity index (χ0v) is 9.96. The molecular formula is C11H8Cl2N2O. The lowest BCUT2D eigenvalue weighted by Crippen LogP contribution is -1.91. The van der Waals surface area contributed by atoms with Gasteiger partial charge in [0.05, 0.1) is 7.11 Å². The molecule has 16 heavy (non-hydrogen) atoms. The first-order valence-electron chi connectivity index (χ1n) is 4.52. The fraction of sp³-hybridized carbons (Fsp3) is 0.0909. The average molecular weight is 255 g/mol. The highest BCUT2D eigenvalue weighted by Crippen LogP contribution is 2.29. The van der Waals surface area contributed by atoms with Gasteiger partial charge in [-0.3, -0.25) is 0 Å². The molecule has 0 aliphatic rings. The molecule has 0 amide bonds. The van der Waals surface area contributed by atoms with E-state index in [0.717, 1.165) is 11.1 Å². The molecule has 5 heteroatoms. The van der Waals surface area contributed by atoms with E-state index in [1.165, 1.54) is 7.11 Å². The Bertz CT molecular complexity index is 500. The maximum absolute atomic E-state index is 6.07. The number of ether oxygens (including phenoxy) is 1. The van der Waals surface area contributed by atoms with Gasteiger partial charge < -0.3 is 4.74 Å². The van der Waals surface area contributed by atoms with Crippen LogP contribution < -0.4 is 4.74 Å². The molecule has 1 heterocycles. The lowest BCUT2D eigenvalue weighted by Gasteiger charge is -2.04. The molecule has 0 saturated carbocycles. The minimum atomic E-state index is 0.328. The zero-order valence-electron chi connectivity index (χ0n) is 8.45. The van der Waals surface area contributed by atoms with Gasteiger partial charge >= 0.3 is 6.01 Å². The van der Waals surface area contributed by atoms with E-state index in [4.69, 9.17) is 27.9 Å². The Morgan fingerprint density at radius 2 is 1.81 bits per heavy atom. The fourth-order valence-electron chi connectivity index (χ4n) is 1.28. The van der Waals surface area contributed by atoms with Crippen molar-refractivity contribution in [2.75, 3.05) is 7.11 Å². The van der Waals surface area contributed by atoms with Crippen LogP contribution >= 0.6 is 23.2 Å². The summed E-state index contributed by atoms with van der Waals surface area (Å²) in [5, 5.41) is 1.17. The molecule has 82 valence electrons. The van der Waals surface area contributed by atoms with Gasteiger partial charge in [-0.05, 0) is 12.1 Å². The summed E-state index contributed by atoms with van der Waals surface area (Å²) in [5.74, 6) is 0. The van der Waals surface area contributed by atoms with Crippen molar-refractivity contribution in [1.82, 2.24) is 9.97 Å². The summed E-state index contributed by atoms with van der Waals surface area (Å²) in [7, 11) is 1.52. The minimum absolute atomic E-state index is 0.328. The summed E-state index contributed by atoms with van der Waals surface area (Å²) < 4.78 is 4.88. The van der Waals surface area contributed by atoms with Crippen molar-refractivity contribution < 1.29 is 4.74 Å². The van der Waals surface area contributed by atoms with Gasteiger partial charge in [0.25, 0.3) is 0 Å². The molecule has 0 radical (unpaired) electrons. The van der Waals surface area contributed by atoms with Crippen LogP contribution in [0.2, 0.25) is 10.0 Å². The predicted molar refractivity (Wildman–Crippen MR) is 64.0 cm³/mol. The average Bonchev–Trinajstić information content (AvgIpc) is 2.29. The van der Waals surface area contributed by atoms with Crippen molar-refractivity contribution >= 4 is 23.2 Å². The number of methoxy groups -OCH3 is 1. The summed E-state index contributed by atoms with van der Waals surface area (Å²) >= 11 is 11.9. The second kappa shape index (κ2) is 4.68. The number of hydrogen-bond donors (Lipinski definition) is 0. The van der Waals surface area contributed by atoms with Crippen LogP contribution in [0.3, 0.4) is 0 Å². The van der Waals surface area contributed by atoms with Crippen molar-refractivity contribution in [2.24, 2.45) is 0 Å². The highest BCUT2D eigenvalue weighted by Gasteiger charge is 2.05. The monoisotopic (exact) mass is 254 g/mol. The van der Waals surface area contributed by atoms with Gasteiger partial charge in [0.15, 0.2) is 0 Å². The van der Waals surface area contributed by atoms with Crippen molar-refractivity contribution in [1.29, 1.82) is 0 Å². The molecule has 0 aliphatic heterocycles. The van der Waals surface area contributed by atoms with Gasteiger partial charge in [-0.1, -0.05) is 29.3 Å². The van der Waals surface area contributed by atoms with E-state index in [-0.39, 0.29) is 0 Å². The second-order valence-electron chi connectivity index (χ2n) is 3.08. The number of hydrogen-bond acceptors (Lipinski definition) is 3.